The van der Waals surface area contributed by atoms with Gasteiger partial charge in [-0.2, -0.15) is 0 Å². The molecule has 0 aliphatic carbocycles. The smallest absolute Gasteiger partial charge is 0.223 e. The molecule has 2 atom stereocenters. The number of likely N-dealkylation sites (tertiary alicyclic amines) is 1. The molecule has 1 aromatic heterocycles. The Balaban J connectivity index is 2.32. The fourth-order valence-electron chi connectivity index (χ4n) is 2.51. The number of carbonyl (C=O) groups is 1. The summed E-state index contributed by atoms with van der Waals surface area (Å²) in [6, 6.07) is -0.0154. The lowest BCUT2D eigenvalue weighted by atomic mass is 9.94. The third-order valence-corrected chi connectivity index (χ3v) is 3.37. The zero-order valence-electron chi connectivity index (χ0n) is 10.5. The summed E-state index contributed by atoms with van der Waals surface area (Å²) in [5.41, 5.74) is 7.21. The molecular formula is C12H20N4O. The van der Waals surface area contributed by atoms with Gasteiger partial charge < -0.3 is 15.2 Å². The van der Waals surface area contributed by atoms with Gasteiger partial charge in [0.2, 0.25) is 5.91 Å². The Morgan fingerprint density at radius 1 is 1.59 bits per heavy atom. The van der Waals surface area contributed by atoms with Gasteiger partial charge in [0, 0.05) is 26.1 Å². The minimum atomic E-state index is -0.0244. The van der Waals surface area contributed by atoms with Crippen molar-refractivity contribution < 1.29 is 4.79 Å². The minimum absolute atomic E-state index is 0.00894. The van der Waals surface area contributed by atoms with Gasteiger partial charge in [0.05, 0.1) is 24.3 Å². The van der Waals surface area contributed by atoms with Gasteiger partial charge in [-0.1, -0.05) is 6.92 Å². The summed E-state index contributed by atoms with van der Waals surface area (Å²) < 4.78 is 1.95. The van der Waals surface area contributed by atoms with E-state index in [0.717, 1.165) is 25.1 Å². The Morgan fingerprint density at radius 3 is 2.94 bits per heavy atom. The van der Waals surface area contributed by atoms with Crippen molar-refractivity contribution in [3.05, 3.63) is 18.2 Å². The van der Waals surface area contributed by atoms with Crippen LogP contribution in [0.4, 0.5) is 0 Å². The van der Waals surface area contributed by atoms with Gasteiger partial charge in [0.15, 0.2) is 0 Å². The number of nitrogens with two attached hydrogens (primary N) is 1. The largest absolute Gasteiger partial charge is 0.336 e. The van der Waals surface area contributed by atoms with Crippen molar-refractivity contribution in [3.63, 3.8) is 0 Å². The maximum Gasteiger partial charge on any atom is 0.223 e. The minimum Gasteiger partial charge on any atom is -0.336 e. The lowest BCUT2D eigenvalue weighted by Crippen LogP contribution is -2.49. The molecule has 17 heavy (non-hydrogen) atoms. The highest BCUT2D eigenvalue weighted by molar-refractivity contribution is 5.77. The molecule has 0 spiro atoms. The number of nitrogens with zero attached hydrogens (tertiary/aromatic N) is 3. The van der Waals surface area contributed by atoms with E-state index in [-0.39, 0.29) is 18.0 Å². The Hall–Kier alpha value is -1.36. The van der Waals surface area contributed by atoms with E-state index in [2.05, 4.69) is 11.9 Å². The van der Waals surface area contributed by atoms with Gasteiger partial charge in [-0.25, -0.2) is 4.98 Å². The summed E-state index contributed by atoms with van der Waals surface area (Å²) in [5, 5.41) is 0. The summed E-state index contributed by atoms with van der Waals surface area (Å²) in [5.74, 6) is 0.208. The zero-order chi connectivity index (χ0) is 12.4. The van der Waals surface area contributed by atoms with Crippen LogP contribution in [0, 0.1) is 0 Å². The average Bonchev–Trinajstić information content (AvgIpc) is 2.71. The van der Waals surface area contributed by atoms with Crippen LogP contribution in [-0.4, -0.2) is 32.9 Å². The third-order valence-electron chi connectivity index (χ3n) is 3.37. The lowest BCUT2D eigenvalue weighted by Gasteiger charge is -2.39. The van der Waals surface area contributed by atoms with Crippen LogP contribution in [0.3, 0.4) is 0 Å². The van der Waals surface area contributed by atoms with Crippen LogP contribution in [0.1, 0.15) is 37.9 Å². The van der Waals surface area contributed by atoms with E-state index in [1.165, 1.54) is 0 Å². The van der Waals surface area contributed by atoms with Gasteiger partial charge in [0.25, 0.3) is 0 Å². The fourth-order valence-corrected chi connectivity index (χ4v) is 2.51. The van der Waals surface area contributed by atoms with E-state index in [1.54, 1.807) is 6.33 Å². The van der Waals surface area contributed by atoms with Crippen LogP contribution in [0.25, 0.3) is 0 Å². The van der Waals surface area contributed by atoms with Crippen LogP contribution >= 0.6 is 0 Å². The number of aryl methyl sites for hydroxylation is 1. The first-order valence-corrected chi connectivity index (χ1v) is 6.16. The predicted molar refractivity (Wildman–Crippen MR) is 65.2 cm³/mol. The summed E-state index contributed by atoms with van der Waals surface area (Å²) in [6.45, 7) is 2.84. The van der Waals surface area contributed by atoms with E-state index >= 15 is 0 Å². The molecule has 1 aliphatic heterocycles. The van der Waals surface area contributed by atoms with Crippen molar-refractivity contribution in [1.82, 2.24) is 14.5 Å². The van der Waals surface area contributed by atoms with E-state index < -0.39 is 0 Å². The number of hydrogen-bond acceptors (Lipinski definition) is 3. The molecule has 2 heterocycles. The van der Waals surface area contributed by atoms with Crippen molar-refractivity contribution in [1.29, 1.82) is 0 Å². The molecule has 5 heteroatoms. The fraction of sp³-hybridized carbons (Fsp3) is 0.667. The van der Waals surface area contributed by atoms with Crippen molar-refractivity contribution in [3.8, 4) is 0 Å². The monoisotopic (exact) mass is 236 g/mol. The van der Waals surface area contributed by atoms with Gasteiger partial charge >= 0.3 is 0 Å². The quantitative estimate of drug-likeness (QED) is 0.845. The zero-order valence-corrected chi connectivity index (χ0v) is 10.5. The first kappa shape index (κ1) is 12.1. The molecule has 1 aliphatic rings. The van der Waals surface area contributed by atoms with Crippen molar-refractivity contribution in [2.45, 2.75) is 38.3 Å². The average molecular weight is 236 g/mol. The number of aromatic nitrogens is 2. The van der Waals surface area contributed by atoms with Crippen LogP contribution in [0.2, 0.25) is 0 Å². The molecule has 0 bridgehead atoms. The summed E-state index contributed by atoms with van der Waals surface area (Å²) in [4.78, 5) is 18.0. The van der Waals surface area contributed by atoms with Gasteiger partial charge in [-0.15, -0.1) is 0 Å². The van der Waals surface area contributed by atoms with Crippen LogP contribution < -0.4 is 5.73 Å². The summed E-state index contributed by atoms with van der Waals surface area (Å²) >= 11 is 0. The topological polar surface area (TPSA) is 64.2 Å². The first-order chi connectivity index (χ1) is 8.15. The highest BCUT2D eigenvalue weighted by Gasteiger charge is 2.35. The van der Waals surface area contributed by atoms with Crippen LogP contribution in [-0.2, 0) is 11.8 Å². The second-order valence-electron chi connectivity index (χ2n) is 4.66. The van der Waals surface area contributed by atoms with Crippen molar-refractivity contribution in [2.75, 3.05) is 6.54 Å². The number of imidazole rings is 1. The number of rotatable bonds is 3. The molecule has 0 unspecified atom stereocenters. The van der Waals surface area contributed by atoms with Crippen molar-refractivity contribution in [2.24, 2.45) is 12.8 Å². The highest BCUT2D eigenvalue weighted by atomic mass is 16.2. The number of hydrogen-bond donors (Lipinski definition) is 1. The van der Waals surface area contributed by atoms with Gasteiger partial charge in [-0.3, -0.25) is 4.79 Å². The Bertz CT molecular complexity index is 401. The van der Waals surface area contributed by atoms with E-state index in [9.17, 15) is 4.79 Å². The number of carbonyl (C=O) groups excluding carboxylic acids is 1. The van der Waals surface area contributed by atoms with Gasteiger partial charge in [-0.05, 0) is 12.8 Å². The predicted octanol–water partition coefficient (Wildman–Crippen LogP) is 0.821. The molecule has 2 rings (SSSR count). The maximum absolute atomic E-state index is 12.0. The number of amides is 1. The second-order valence-corrected chi connectivity index (χ2v) is 4.66. The molecule has 0 radical (unpaired) electrons. The third kappa shape index (κ3) is 2.20. The molecule has 1 saturated heterocycles. The van der Waals surface area contributed by atoms with E-state index in [4.69, 9.17) is 5.73 Å². The molecule has 5 nitrogen and oxygen atoms in total. The molecule has 1 fully saturated rings. The Kier molecular flexibility index (Phi) is 3.47. The van der Waals surface area contributed by atoms with Crippen LogP contribution in [0.5, 0.6) is 0 Å². The van der Waals surface area contributed by atoms with Gasteiger partial charge in [0.1, 0.15) is 0 Å². The number of piperidine rings is 1. The first-order valence-electron chi connectivity index (χ1n) is 6.16. The summed E-state index contributed by atoms with van der Waals surface area (Å²) in [7, 11) is 1.94. The molecule has 2 N–H and O–H groups in total. The molecule has 1 aromatic rings. The second kappa shape index (κ2) is 4.87. The van der Waals surface area contributed by atoms with Crippen molar-refractivity contribution >= 4 is 5.91 Å². The van der Waals surface area contributed by atoms with E-state index in [0.29, 0.717) is 6.42 Å². The SMILES string of the molecule is CCCN1C(=O)CC[C@H](N)[C@@H]1c1cncn1C. The molecule has 94 valence electrons. The Morgan fingerprint density at radius 2 is 2.35 bits per heavy atom. The van der Waals surface area contributed by atoms with Crippen LogP contribution in [0.15, 0.2) is 12.5 Å². The Labute approximate surface area is 102 Å². The maximum atomic E-state index is 12.0. The molecule has 0 aromatic carbocycles. The molecule has 1 amide bonds. The normalized spacial score (nSPS) is 25.4. The molecule has 0 saturated carbocycles. The standard InChI is InChI=1S/C12H20N4O/c1-3-6-16-11(17)5-4-9(13)12(16)10-7-14-8-15(10)2/h7-9,12H,3-6,13H2,1-2H3/t9-,12+/m0/s1. The summed E-state index contributed by atoms with van der Waals surface area (Å²) in [6.07, 6.45) is 5.84. The highest BCUT2D eigenvalue weighted by Crippen LogP contribution is 2.30. The lowest BCUT2D eigenvalue weighted by molar-refractivity contribution is -0.137. The van der Waals surface area contributed by atoms with E-state index in [1.807, 2.05) is 22.7 Å². The molecular weight excluding hydrogens is 216 g/mol.